The van der Waals surface area contributed by atoms with Gasteiger partial charge in [0.15, 0.2) is 0 Å². The number of aryl methyl sites for hydroxylation is 1. The maximum Gasteiger partial charge on any atom is 0.131 e. The first-order valence-corrected chi connectivity index (χ1v) is 5.60. The van der Waals surface area contributed by atoms with Crippen molar-refractivity contribution in [3.63, 3.8) is 0 Å². The van der Waals surface area contributed by atoms with E-state index in [4.69, 9.17) is 5.73 Å². The highest BCUT2D eigenvalue weighted by Gasteiger charge is 2.23. The van der Waals surface area contributed by atoms with Gasteiger partial charge in [0.05, 0.1) is 0 Å². The first-order valence-electron chi connectivity index (χ1n) is 5.60. The first kappa shape index (κ1) is 10.6. The SMILES string of the molecule is CC(C)(N)c1ccc2c(c1F)CCCC2. The molecule has 0 atom stereocenters. The molecule has 0 bridgehead atoms. The predicted molar refractivity (Wildman–Crippen MR) is 60.3 cm³/mol. The zero-order valence-corrected chi connectivity index (χ0v) is 9.44. The molecule has 0 saturated heterocycles. The minimum absolute atomic E-state index is 0.0697. The molecule has 82 valence electrons. The molecule has 1 aromatic carbocycles. The van der Waals surface area contributed by atoms with Crippen molar-refractivity contribution in [2.75, 3.05) is 0 Å². The van der Waals surface area contributed by atoms with Gasteiger partial charge in [-0.15, -0.1) is 0 Å². The lowest BCUT2D eigenvalue weighted by atomic mass is 9.85. The van der Waals surface area contributed by atoms with Crippen molar-refractivity contribution in [3.05, 3.63) is 34.6 Å². The molecule has 0 aromatic heterocycles. The van der Waals surface area contributed by atoms with Crippen LogP contribution < -0.4 is 5.73 Å². The highest BCUT2D eigenvalue weighted by Crippen LogP contribution is 2.29. The van der Waals surface area contributed by atoms with Gasteiger partial charge in [-0.1, -0.05) is 12.1 Å². The standard InChI is InChI=1S/C13H18FN/c1-13(2,15)11-8-7-9-5-3-4-6-10(9)12(11)14/h7-8H,3-6,15H2,1-2H3. The average molecular weight is 207 g/mol. The summed E-state index contributed by atoms with van der Waals surface area (Å²) in [6.45, 7) is 3.70. The lowest BCUT2D eigenvalue weighted by Gasteiger charge is -2.24. The Bertz CT molecular complexity index is 377. The van der Waals surface area contributed by atoms with E-state index >= 15 is 0 Å². The summed E-state index contributed by atoms with van der Waals surface area (Å²) in [5, 5.41) is 0. The molecule has 0 spiro atoms. The van der Waals surface area contributed by atoms with Gasteiger partial charge >= 0.3 is 0 Å². The largest absolute Gasteiger partial charge is 0.322 e. The molecule has 0 heterocycles. The molecule has 1 aromatic rings. The van der Waals surface area contributed by atoms with Gasteiger partial charge in [0, 0.05) is 11.1 Å². The Balaban J connectivity index is 2.53. The minimum atomic E-state index is -0.587. The van der Waals surface area contributed by atoms with Gasteiger partial charge in [-0.05, 0) is 50.7 Å². The molecule has 0 fully saturated rings. The van der Waals surface area contributed by atoms with Crippen molar-refractivity contribution in [1.82, 2.24) is 0 Å². The summed E-state index contributed by atoms with van der Waals surface area (Å²) in [5.41, 5.74) is 8.08. The molecule has 0 radical (unpaired) electrons. The number of benzene rings is 1. The summed E-state index contributed by atoms with van der Waals surface area (Å²) >= 11 is 0. The number of hydrogen-bond donors (Lipinski definition) is 1. The van der Waals surface area contributed by atoms with Crippen molar-refractivity contribution >= 4 is 0 Å². The molecular formula is C13H18FN. The van der Waals surface area contributed by atoms with Crippen LogP contribution in [0.25, 0.3) is 0 Å². The number of fused-ring (bicyclic) bond motifs is 1. The second-order valence-electron chi connectivity index (χ2n) is 4.99. The first-order chi connectivity index (χ1) is 7.00. The van der Waals surface area contributed by atoms with Crippen LogP contribution in [0, 0.1) is 5.82 Å². The third-order valence-electron chi connectivity index (χ3n) is 3.16. The second kappa shape index (κ2) is 3.60. The van der Waals surface area contributed by atoms with Gasteiger partial charge in [-0.3, -0.25) is 0 Å². The molecule has 2 heteroatoms. The van der Waals surface area contributed by atoms with Crippen molar-refractivity contribution in [3.8, 4) is 0 Å². The molecule has 0 amide bonds. The summed E-state index contributed by atoms with van der Waals surface area (Å²) in [7, 11) is 0. The molecule has 15 heavy (non-hydrogen) atoms. The van der Waals surface area contributed by atoms with E-state index in [0.717, 1.165) is 24.8 Å². The van der Waals surface area contributed by atoms with Crippen molar-refractivity contribution in [2.45, 2.75) is 45.1 Å². The summed E-state index contributed by atoms with van der Waals surface area (Å²) in [5.74, 6) is -0.0697. The van der Waals surface area contributed by atoms with E-state index in [2.05, 4.69) is 0 Å². The number of hydrogen-bond acceptors (Lipinski definition) is 1. The van der Waals surface area contributed by atoms with E-state index in [9.17, 15) is 4.39 Å². The maximum atomic E-state index is 14.2. The van der Waals surface area contributed by atoms with E-state index in [0.29, 0.717) is 5.56 Å². The van der Waals surface area contributed by atoms with E-state index in [1.165, 1.54) is 12.0 Å². The fourth-order valence-corrected chi connectivity index (χ4v) is 2.28. The molecule has 0 aliphatic heterocycles. The van der Waals surface area contributed by atoms with Gasteiger partial charge in [0.25, 0.3) is 0 Å². The third-order valence-corrected chi connectivity index (χ3v) is 3.16. The molecule has 1 nitrogen and oxygen atoms in total. The Labute approximate surface area is 90.5 Å². The quantitative estimate of drug-likeness (QED) is 0.753. The summed E-state index contributed by atoms with van der Waals surface area (Å²) < 4.78 is 14.2. The van der Waals surface area contributed by atoms with Crippen molar-refractivity contribution in [2.24, 2.45) is 5.73 Å². The number of nitrogens with two attached hydrogens (primary N) is 1. The van der Waals surface area contributed by atoms with Crippen molar-refractivity contribution < 1.29 is 4.39 Å². The normalized spacial score (nSPS) is 16.3. The second-order valence-corrected chi connectivity index (χ2v) is 4.99. The zero-order valence-electron chi connectivity index (χ0n) is 9.44. The molecule has 0 saturated carbocycles. The lowest BCUT2D eigenvalue weighted by molar-refractivity contribution is 0.488. The van der Waals surface area contributed by atoms with Crippen LogP contribution in [0.4, 0.5) is 4.39 Å². The molecule has 1 aliphatic rings. The van der Waals surface area contributed by atoms with E-state index in [-0.39, 0.29) is 5.82 Å². The smallest absolute Gasteiger partial charge is 0.131 e. The van der Waals surface area contributed by atoms with Crippen LogP contribution in [0.5, 0.6) is 0 Å². The van der Waals surface area contributed by atoms with Gasteiger partial charge in [-0.25, -0.2) is 4.39 Å². The third kappa shape index (κ3) is 1.91. The predicted octanol–water partition coefficient (Wildman–Crippen LogP) is 2.90. The Hall–Kier alpha value is -0.890. The van der Waals surface area contributed by atoms with Crippen LogP contribution in [-0.2, 0) is 18.4 Å². The lowest BCUT2D eigenvalue weighted by Crippen LogP contribution is -2.30. The van der Waals surface area contributed by atoms with Crippen LogP contribution in [0.15, 0.2) is 12.1 Å². The van der Waals surface area contributed by atoms with Crippen LogP contribution in [0.2, 0.25) is 0 Å². The molecule has 2 rings (SSSR count). The Morgan fingerprint density at radius 2 is 1.87 bits per heavy atom. The van der Waals surface area contributed by atoms with Crippen LogP contribution >= 0.6 is 0 Å². The fraction of sp³-hybridized carbons (Fsp3) is 0.538. The van der Waals surface area contributed by atoms with Gasteiger partial charge < -0.3 is 5.73 Å². The summed E-state index contributed by atoms with van der Waals surface area (Å²) in [4.78, 5) is 0. The number of halogens is 1. The molecule has 1 aliphatic carbocycles. The van der Waals surface area contributed by atoms with Crippen LogP contribution in [-0.4, -0.2) is 0 Å². The van der Waals surface area contributed by atoms with Crippen LogP contribution in [0.3, 0.4) is 0 Å². The average Bonchev–Trinajstić information content (AvgIpc) is 2.16. The summed E-state index contributed by atoms with van der Waals surface area (Å²) in [6.07, 6.45) is 4.15. The monoisotopic (exact) mass is 207 g/mol. The highest BCUT2D eigenvalue weighted by atomic mass is 19.1. The van der Waals surface area contributed by atoms with E-state index in [1.807, 2.05) is 26.0 Å². The van der Waals surface area contributed by atoms with Crippen molar-refractivity contribution in [1.29, 1.82) is 0 Å². The molecule has 0 unspecified atom stereocenters. The van der Waals surface area contributed by atoms with E-state index < -0.39 is 5.54 Å². The highest BCUT2D eigenvalue weighted by molar-refractivity contribution is 5.38. The topological polar surface area (TPSA) is 26.0 Å². The number of rotatable bonds is 1. The summed E-state index contributed by atoms with van der Waals surface area (Å²) in [6, 6.07) is 3.89. The Kier molecular flexibility index (Phi) is 2.55. The van der Waals surface area contributed by atoms with Gasteiger partial charge in [0.1, 0.15) is 5.82 Å². The molecule has 2 N–H and O–H groups in total. The Morgan fingerprint density at radius 1 is 1.20 bits per heavy atom. The Morgan fingerprint density at radius 3 is 2.53 bits per heavy atom. The van der Waals surface area contributed by atoms with Gasteiger partial charge in [0.2, 0.25) is 0 Å². The fourth-order valence-electron chi connectivity index (χ4n) is 2.28. The minimum Gasteiger partial charge on any atom is -0.322 e. The maximum absolute atomic E-state index is 14.2. The van der Waals surface area contributed by atoms with Gasteiger partial charge in [-0.2, -0.15) is 0 Å². The van der Waals surface area contributed by atoms with Crippen LogP contribution in [0.1, 0.15) is 43.4 Å². The molecular weight excluding hydrogens is 189 g/mol. The zero-order chi connectivity index (χ0) is 11.1. The van der Waals surface area contributed by atoms with E-state index in [1.54, 1.807) is 0 Å².